The third kappa shape index (κ3) is 5.03. The summed E-state index contributed by atoms with van der Waals surface area (Å²) in [5, 5.41) is 0. The Morgan fingerprint density at radius 3 is 2.50 bits per heavy atom. The number of ether oxygens (including phenoxy) is 1. The lowest BCUT2D eigenvalue weighted by molar-refractivity contribution is -0.942. The molecule has 0 aliphatic carbocycles. The molecule has 4 heterocycles. The molecule has 0 amide bonds. The lowest BCUT2D eigenvalue weighted by Gasteiger charge is -2.35. The number of rotatable bonds is 7. The van der Waals surface area contributed by atoms with Gasteiger partial charge in [-0.15, -0.1) is 0 Å². The van der Waals surface area contributed by atoms with Crippen LogP contribution in [0.2, 0.25) is 0 Å². The molecule has 36 heavy (non-hydrogen) atoms. The van der Waals surface area contributed by atoms with Gasteiger partial charge in [0.1, 0.15) is 6.10 Å². The van der Waals surface area contributed by atoms with Crippen LogP contribution in [0.4, 0.5) is 0 Å². The highest BCUT2D eigenvalue weighted by atomic mass is 35.5. The first-order valence-electron chi connectivity index (χ1n) is 12.3. The first-order chi connectivity index (χ1) is 16.9. The smallest absolute Gasteiger partial charge is 0.332 e. The molecule has 0 radical (unpaired) electrons. The fraction of sp³-hybridized carbons (Fsp3) is 0.462. The summed E-state index contributed by atoms with van der Waals surface area (Å²) < 4.78 is 10.2. The van der Waals surface area contributed by atoms with Gasteiger partial charge in [-0.25, -0.2) is 14.6 Å². The first kappa shape index (κ1) is 25.9. The molecule has 5 rings (SSSR count). The predicted molar refractivity (Wildman–Crippen MR) is 132 cm³/mol. The molecular weight excluding hydrogens is 482 g/mol. The molecule has 0 saturated carbocycles. The van der Waals surface area contributed by atoms with Crippen LogP contribution in [0.25, 0.3) is 17.2 Å². The molecule has 2 saturated heterocycles. The number of piperidine rings is 1. The van der Waals surface area contributed by atoms with Gasteiger partial charge in [0.05, 0.1) is 25.0 Å². The van der Waals surface area contributed by atoms with E-state index in [0.717, 1.165) is 48.8 Å². The summed E-state index contributed by atoms with van der Waals surface area (Å²) in [6, 6.07) is 10.7. The van der Waals surface area contributed by atoms with Gasteiger partial charge < -0.3 is 26.6 Å². The van der Waals surface area contributed by atoms with Crippen molar-refractivity contribution in [1.29, 1.82) is 0 Å². The summed E-state index contributed by atoms with van der Waals surface area (Å²) in [6.07, 6.45) is 9.96. The van der Waals surface area contributed by atoms with E-state index in [9.17, 15) is 14.4 Å². The second kappa shape index (κ2) is 10.8. The second-order valence-corrected chi connectivity index (χ2v) is 9.74. The number of hydrogen-bond donors (Lipinski definition) is 1. The van der Waals surface area contributed by atoms with E-state index in [2.05, 4.69) is 4.98 Å². The Bertz CT molecular complexity index is 1360. The number of nitrogens with one attached hydrogen (secondary N) is 1. The number of esters is 1. The van der Waals surface area contributed by atoms with Crippen LogP contribution in [0.1, 0.15) is 37.7 Å². The van der Waals surface area contributed by atoms with Crippen LogP contribution in [0.3, 0.4) is 0 Å². The summed E-state index contributed by atoms with van der Waals surface area (Å²) in [7, 11) is 3.13. The van der Waals surface area contributed by atoms with Gasteiger partial charge in [-0.3, -0.25) is 13.9 Å². The highest BCUT2D eigenvalue weighted by Crippen LogP contribution is 2.25. The second-order valence-electron chi connectivity index (χ2n) is 9.74. The average molecular weight is 514 g/mol. The van der Waals surface area contributed by atoms with Gasteiger partial charge in [0.2, 0.25) is 0 Å². The fourth-order valence-corrected chi connectivity index (χ4v) is 5.83. The van der Waals surface area contributed by atoms with Crippen molar-refractivity contribution in [2.24, 2.45) is 14.1 Å². The zero-order valence-corrected chi connectivity index (χ0v) is 21.4. The Hall–Kier alpha value is -3.17. The Morgan fingerprint density at radius 2 is 1.81 bits per heavy atom. The number of imidazole rings is 1. The monoisotopic (exact) mass is 513 g/mol. The summed E-state index contributed by atoms with van der Waals surface area (Å²) in [4.78, 5) is 43.0. The van der Waals surface area contributed by atoms with Gasteiger partial charge in [0.15, 0.2) is 11.2 Å². The zero-order chi connectivity index (χ0) is 24.5. The van der Waals surface area contributed by atoms with E-state index in [-0.39, 0.29) is 35.7 Å². The molecule has 2 fully saturated rings. The van der Waals surface area contributed by atoms with Crippen LogP contribution in [-0.4, -0.2) is 49.4 Å². The molecule has 10 heteroatoms. The number of fused-ring (bicyclic) bond motifs is 3. The largest absolute Gasteiger partial charge is 1.00 e. The topological polar surface area (TPSA) is 92.6 Å². The van der Waals surface area contributed by atoms with Crippen LogP contribution >= 0.6 is 0 Å². The molecule has 0 spiro atoms. The number of aromatic nitrogens is 4. The van der Waals surface area contributed by atoms with E-state index < -0.39 is 0 Å². The minimum Gasteiger partial charge on any atom is -1.00 e. The molecule has 192 valence electrons. The summed E-state index contributed by atoms with van der Waals surface area (Å²) in [6.45, 7) is 1.67. The third-order valence-electron chi connectivity index (χ3n) is 7.58. The Balaban J connectivity index is 0.00000304. The number of nitrogens with zero attached hydrogens (tertiary/aromatic N) is 4. The number of carbonyl (C=O) groups excluding carboxylic acids is 1. The van der Waals surface area contributed by atoms with Crippen LogP contribution in [0.5, 0.6) is 0 Å². The zero-order valence-electron chi connectivity index (χ0n) is 20.6. The number of hydrogen-bond acceptors (Lipinski definition) is 5. The van der Waals surface area contributed by atoms with Gasteiger partial charge in [-0.05, 0) is 11.6 Å². The maximum Gasteiger partial charge on any atom is 0.332 e. The van der Waals surface area contributed by atoms with Gasteiger partial charge in [0.25, 0.3) is 5.56 Å². The normalized spacial score (nSPS) is 23.2. The lowest BCUT2D eigenvalue weighted by atomic mass is 9.99. The minimum absolute atomic E-state index is 0. The van der Waals surface area contributed by atoms with E-state index >= 15 is 0 Å². The molecule has 3 aromatic rings. The number of carbonyl (C=O) groups is 1. The summed E-state index contributed by atoms with van der Waals surface area (Å²) >= 11 is 0. The molecule has 2 aliphatic rings. The van der Waals surface area contributed by atoms with Crippen molar-refractivity contribution in [2.45, 2.75) is 56.8 Å². The quantitative estimate of drug-likeness (QED) is 0.282. The van der Waals surface area contributed by atoms with Gasteiger partial charge in [0, 0.05) is 58.8 Å². The lowest BCUT2D eigenvalue weighted by Crippen LogP contribution is -3.18. The molecule has 9 nitrogen and oxygen atoms in total. The molecule has 2 aliphatic heterocycles. The van der Waals surface area contributed by atoms with E-state index in [0.29, 0.717) is 29.8 Å². The summed E-state index contributed by atoms with van der Waals surface area (Å²) in [5.41, 5.74) is 1.20. The highest BCUT2D eigenvalue weighted by molar-refractivity contribution is 5.87. The Kier molecular flexibility index (Phi) is 7.80. The predicted octanol–water partition coefficient (Wildman–Crippen LogP) is -2.34. The SMILES string of the molecule is Cn1c(=O)c2c(ncn2CCC[NH+]2C3CCC2CC(OC(=O)/C=C/c2ccccc2)C3)n(C)c1=O.[Cl-]. The van der Waals surface area contributed by atoms with E-state index in [1.54, 1.807) is 24.4 Å². The third-order valence-corrected chi connectivity index (χ3v) is 7.58. The van der Waals surface area contributed by atoms with Crippen LogP contribution in [0.15, 0.2) is 52.3 Å². The number of benzene rings is 1. The average Bonchev–Trinajstić information content (AvgIpc) is 3.38. The van der Waals surface area contributed by atoms with Gasteiger partial charge in [-0.2, -0.15) is 0 Å². The van der Waals surface area contributed by atoms with Crippen LogP contribution in [-0.2, 0) is 30.2 Å². The van der Waals surface area contributed by atoms with Crippen molar-refractivity contribution in [3.05, 3.63) is 69.1 Å². The standard InChI is InChI=1S/C26H31N5O4.ClH/c1-28-24-23(25(33)29(2)26(28)34)30(17-27-24)13-6-14-31-19-10-11-20(31)16-21(15-19)35-22(32)12-9-18-7-4-3-5-8-18;/h3-5,7-9,12,17,19-21H,6,10-11,13-16H2,1-2H3;1H/b12-9+;. The summed E-state index contributed by atoms with van der Waals surface area (Å²) in [5.74, 6) is -0.273. The molecular formula is C26H32ClN5O4. The fourth-order valence-electron chi connectivity index (χ4n) is 5.83. The van der Waals surface area contributed by atoms with Gasteiger partial charge >= 0.3 is 11.7 Å². The van der Waals surface area contributed by atoms with E-state index in [4.69, 9.17) is 4.74 Å². The first-order valence-corrected chi connectivity index (χ1v) is 12.3. The van der Waals surface area contributed by atoms with Crippen molar-refractivity contribution in [1.82, 2.24) is 18.7 Å². The molecule has 2 unspecified atom stereocenters. The molecule has 2 atom stereocenters. The number of halogens is 1. The van der Waals surface area contributed by atoms with Crippen molar-refractivity contribution < 1.29 is 26.8 Å². The highest BCUT2D eigenvalue weighted by Gasteiger charge is 2.45. The van der Waals surface area contributed by atoms with E-state index in [1.807, 2.05) is 34.9 Å². The number of quaternary nitrogens is 1. The molecule has 2 bridgehead atoms. The van der Waals surface area contributed by atoms with Crippen LogP contribution in [0, 0.1) is 0 Å². The maximum absolute atomic E-state index is 12.7. The van der Waals surface area contributed by atoms with Crippen LogP contribution < -0.4 is 28.6 Å². The van der Waals surface area contributed by atoms with Crippen molar-refractivity contribution in [3.63, 3.8) is 0 Å². The Morgan fingerprint density at radius 1 is 1.11 bits per heavy atom. The molecule has 1 N–H and O–H groups in total. The molecule has 1 aromatic carbocycles. The maximum atomic E-state index is 12.7. The van der Waals surface area contributed by atoms with Crippen molar-refractivity contribution in [3.8, 4) is 0 Å². The van der Waals surface area contributed by atoms with Crippen molar-refractivity contribution >= 4 is 23.2 Å². The number of aryl methyl sites for hydroxylation is 2. The van der Waals surface area contributed by atoms with Gasteiger partial charge in [-0.1, -0.05) is 30.3 Å². The minimum atomic E-state index is -0.368. The van der Waals surface area contributed by atoms with Crippen molar-refractivity contribution in [2.75, 3.05) is 6.54 Å². The Labute approximate surface area is 215 Å². The van der Waals surface area contributed by atoms with E-state index in [1.165, 1.54) is 17.7 Å². The molecule has 2 aromatic heterocycles.